The smallest absolute Gasteiger partial charge is 0.319 e. The number of fused-ring (bicyclic) bond motifs is 2. The van der Waals surface area contributed by atoms with Crippen LogP contribution in [0.1, 0.15) is 40.0 Å². The zero-order chi connectivity index (χ0) is 13.1. The summed E-state index contributed by atoms with van der Waals surface area (Å²) in [6, 6.07) is 0. The maximum Gasteiger partial charge on any atom is 0.319 e. The molecule has 94 valence electrons. The van der Waals surface area contributed by atoms with Gasteiger partial charge in [-0.1, -0.05) is 6.92 Å². The highest BCUT2D eigenvalue weighted by molar-refractivity contribution is 6.64. The van der Waals surface area contributed by atoms with Crippen LogP contribution in [0, 0.1) is 16.2 Å². The molecule has 1 saturated carbocycles. The van der Waals surface area contributed by atoms with Crippen LogP contribution in [0.25, 0.3) is 0 Å². The van der Waals surface area contributed by atoms with Crippen LogP contribution in [0.15, 0.2) is 0 Å². The predicted molar refractivity (Wildman–Crippen MR) is 60.1 cm³/mol. The van der Waals surface area contributed by atoms with Gasteiger partial charge < -0.3 is 4.74 Å². The van der Waals surface area contributed by atoms with Crippen molar-refractivity contribution in [1.29, 1.82) is 0 Å². The fourth-order valence-electron chi connectivity index (χ4n) is 3.53. The van der Waals surface area contributed by atoms with E-state index in [1.807, 2.05) is 0 Å². The van der Waals surface area contributed by atoms with Crippen molar-refractivity contribution in [2.75, 3.05) is 0 Å². The van der Waals surface area contributed by atoms with Crippen LogP contribution in [-0.4, -0.2) is 17.2 Å². The molecule has 2 unspecified atom stereocenters. The van der Waals surface area contributed by atoms with Crippen LogP contribution in [0.2, 0.25) is 0 Å². The molecular formula is C12H15ClO4. The predicted octanol–water partition coefficient (Wildman–Crippen LogP) is 2.04. The van der Waals surface area contributed by atoms with Crippen LogP contribution >= 0.6 is 11.6 Å². The lowest BCUT2D eigenvalue weighted by molar-refractivity contribution is -0.196. The van der Waals surface area contributed by atoms with Gasteiger partial charge in [0.2, 0.25) is 5.24 Å². The average molecular weight is 259 g/mol. The summed E-state index contributed by atoms with van der Waals surface area (Å²) in [7, 11) is 0. The molecule has 0 aromatic heterocycles. The van der Waals surface area contributed by atoms with Crippen molar-refractivity contribution >= 4 is 28.8 Å². The van der Waals surface area contributed by atoms with Gasteiger partial charge in [0.1, 0.15) is 0 Å². The molecule has 0 aromatic carbocycles. The van der Waals surface area contributed by atoms with E-state index >= 15 is 0 Å². The van der Waals surface area contributed by atoms with Gasteiger partial charge in [-0.25, -0.2) is 0 Å². The van der Waals surface area contributed by atoms with Crippen LogP contribution in [0.4, 0.5) is 0 Å². The van der Waals surface area contributed by atoms with E-state index in [2.05, 4.69) is 0 Å². The van der Waals surface area contributed by atoms with E-state index in [4.69, 9.17) is 16.3 Å². The fourth-order valence-corrected chi connectivity index (χ4v) is 3.66. The first kappa shape index (κ1) is 12.6. The first-order valence-electron chi connectivity index (χ1n) is 5.58. The highest BCUT2D eigenvalue weighted by Crippen LogP contribution is 2.58. The number of rotatable bonds is 1. The first-order chi connectivity index (χ1) is 7.61. The Hall–Kier alpha value is -0.900. The molecule has 0 radical (unpaired) electrons. The molecule has 4 nitrogen and oxygen atoms in total. The topological polar surface area (TPSA) is 60.4 Å². The largest absolute Gasteiger partial charge is 0.392 e. The summed E-state index contributed by atoms with van der Waals surface area (Å²) < 4.78 is 4.80. The summed E-state index contributed by atoms with van der Waals surface area (Å²) in [5.74, 6) is -1.08. The number of ether oxygens (including phenoxy) is 1. The van der Waals surface area contributed by atoms with E-state index in [-0.39, 0.29) is 0 Å². The van der Waals surface area contributed by atoms with Crippen LogP contribution in [-0.2, 0) is 19.1 Å². The lowest BCUT2D eigenvalue weighted by atomic mass is 9.53. The zero-order valence-corrected chi connectivity index (χ0v) is 10.9. The molecule has 2 bridgehead atoms. The Morgan fingerprint density at radius 3 is 1.82 bits per heavy atom. The molecule has 5 heteroatoms. The maximum absolute atomic E-state index is 11.8. The monoisotopic (exact) mass is 258 g/mol. The number of esters is 2. The van der Waals surface area contributed by atoms with Crippen LogP contribution < -0.4 is 0 Å². The second kappa shape index (κ2) is 3.31. The molecule has 1 heterocycles. The Morgan fingerprint density at radius 1 is 1.06 bits per heavy atom. The molecule has 2 fully saturated rings. The molecule has 1 aliphatic carbocycles. The summed E-state index contributed by atoms with van der Waals surface area (Å²) >= 11 is 5.63. The Balaban J connectivity index is 2.48. The van der Waals surface area contributed by atoms with E-state index in [0.717, 1.165) is 0 Å². The molecular weight excluding hydrogens is 244 g/mol. The number of carbonyl (C=O) groups excluding carboxylic acids is 3. The Kier molecular flexibility index (Phi) is 2.45. The Bertz CT molecular complexity index is 398. The van der Waals surface area contributed by atoms with Crippen molar-refractivity contribution in [3.63, 3.8) is 0 Å². The summed E-state index contributed by atoms with van der Waals surface area (Å²) in [6.45, 7) is 5.18. The number of cyclic esters (lactones) is 2. The van der Waals surface area contributed by atoms with Gasteiger partial charge >= 0.3 is 11.9 Å². The minimum Gasteiger partial charge on any atom is -0.392 e. The van der Waals surface area contributed by atoms with Crippen molar-refractivity contribution < 1.29 is 19.1 Å². The molecule has 0 amide bonds. The van der Waals surface area contributed by atoms with Gasteiger partial charge in [0, 0.05) is 5.41 Å². The molecule has 0 N–H and O–H groups in total. The maximum atomic E-state index is 11.8. The molecule has 2 aliphatic rings. The van der Waals surface area contributed by atoms with Crippen LogP contribution in [0.5, 0.6) is 0 Å². The first-order valence-corrected chi connectivity index (χ1v) is 5.96. The normalized spacial score (nSPS) is 45.4. The van der Waals surface area contributed by atoms with E-state index in [0.29, 0.717) is 19.3 Å². The third-order valence-electron chi connectivity index (χ3n) is 3.99. The fraction of sp³-hybridized carbons (Fsp3) is 0.750. The molecule has 0 aromatic rings. The van der Waals surface area contributed by atoms with E-state index < -0.39 is 33.4 Å². The minimum absolute atomic E-state index is 0.337. The highest BCUT2D eigenvalue weighted by Gasteiger charge is 2.62. The molecule has 1 aliphatic heterocycles. The van der Waals surface area contributed by atoms with E-state index in [1.165, 1.54) is 0 Å². The standard InChI is InChI=1S/C12H15ClO4/c1-10(7(13)14)4-11(2)6-12(3,5-10)9(16)17-8(11)15/h4-6H2,1-3H3/t10?,11-,12?/m0/s1. The molecule has 3 atom stereocenters. The van der Waals surface area contributed by atoms with Gasteiger partial charge in [-0.15, -0.1) is 0 Å². The van der Waals surface area contributed by atoms with Gasteiger partial charge in [-0.2, -0.15) is 0 Å². The third-order valence-corrected chi connectivity index (χ3v) is 4.44. The number of hydrogen-bond donors (Lipinski definition) is 0. The van der Waals surface area contributed by atoms with Crippen molar-refractivity contribution in [3.05, 3.63) is 0 Å². The lowest BCUT2D eigenvalue weighted by Gasteiger charge is -2.51. The molecule has 17 heavy (non-hydrogen) atoms. The number of halogens is 1. The van der Waals surface area contributed by atoms with Gasteiger partial charge in [0.25, 0.3) is 0 Å². The Morgan fingerprint density at radius 2 is 1.47 bits per heavy atom. The molecule has 2 rings (SSSR count). The van der Waals surface area contributed by atoms with E-state index in [1.54, 1.807) is 20.8 Å². The summed E-state index contributed by atoms with van der Waals surface area (Å²) in [6.07, 6.45) is 1.10. The molecule has 1 saturated heterocycles. The van der Waals surface area contributed by atoms with Crippen molar-refractivity contribution in [1.82, 2.24) is 0 Å². The highest BCUT2D eigenvalue weighted by atomic mass is 35.5. The van der Waals surface area contributed by atoms with Gasteiger partial charge in [-0.3, -0.25) is 14.4 Å². The lowest BCUT2D eigenvalue weighted by Crippen LogP contribution is -2.56. The van der Waals surface area contributed by atoms with Crippen LogP contribution in [0.3, 0.4) is 0 Å². The second-order valence-corrected chi connectivity index (χ2v) is 6.51. The van der Waals surface area contributed by atoms with Crippen molar-refractivity contribution in [3.8, 4) is 0 Å². The van der Waals surface area contributed by atoms with Crippen molar-refractivity contribution in [2.24, 2.45) is 16.2 Å². The number of hydrogen-bond acceptors (Lipinski definition) is 4. The second-order valence-electron chi connectivity index (χ2n) is 6.16. The quantitative estimate of drug-likeness (QED) is 0.410. The van der Waals surface area contributed by atoms with Gasteiger partial charge in [0.05, 0.1) is 10.8 Å². The average Bonchev–Trinajstić information content (AvgIpc) is 2.13. The number of carbonyl (C=O) groups is 3. The molecule has 0 spiro atoms. The zero-order valence-electron chi connectivity index (χ0n) is 10.1. The SMILES string of the molecule is CC1(C(=O)Cl)CC2(C)C[C@](C)(C1)C(=O)OC2=O. The minimum atomic E-state index is -0.835. The summed E-state index contributed by atoms with van der Waals surface area (Å²) in [5, 5.41) is -0.489. The van der Waals surface area contributed by atoms with Gasteiger partial charge in [-0.05, 0) is 44.7 Å². The third kappa shape index (κ3) is 1.69. The summed E-state index contributed by atoms with van der Waals surface area (Å²) in [4.78, 5) is 35.1. The summed E-state index contributed by atoms with van der Waals surface area (Å²) in [5.41, 5.74) is -2.42. The van der Waals surface area contributed by atoms with E-state index in [9.17, 15) is 14.4 Å². The Labute approximate surface area is 105 Å². The van der Waals surface area contributed by atoms with Gasteiger partial charge in [0.15, 0.2) is 0 Å². The van der Waals surface area contributed by atoms with Crippen molar-refractivity contribution in [2.45, 2.75) is 40.0 Å².